The molecule has 0 amide bonds. The van der Waals surface area contributed by atoms with Gasteiger partial charge in [0, 0.05) is 5.56 Å². The number of aromatic nitrogens is 1. The lowest BCUT2D eigenvalue weighted by molar-refractivity contribution is 0.0445. The van der Waals surface area contributed by atoms with E-state index in [2.05, 4.69) is 4.98 Å². The zero-order valence-electron chi connectivity index (χ0n) is 20.7. The minimum absolute atomic E-state index is 0.161. The summed E-state index contributed by atoms with van der Waals surface area (Å²) in [6.45, 7) is 1.61. The van der Waals surface area contributed by atoms with Crippen molar-refractivity contribution in [2.75, 3.05) is 0 Å². The Morgan fingerprint density at radius 3 is 2.03 bits per heavy atom. The van der Waals surface area contributed by atoms with Crippen molar-refractivity contribution in [1.29, 1.82) is 0 Å². The molecule has 5 aromatic rings. The van der Waals surface area contributed by atoms with Gasteiger partial charge in [-0.3, -0.25) is 0 Å². The van der Waals surface area contributed by atoms with Crippen LogP contribution in [0.15, 0.2) is 125 Å². The molecule has 38 heavy (non-hydrogen) atoms. The van der Waals surface area contributed by atoms with Crippen LogP contribution in [-0.2, 0) is 21.2 Å². The van der Waals surface area contributed by atoms with Crippen LogP contribution in [0.2, 0.25) is 0 Å². The molecular weight excluding hydrogens is 498 g/mol. The number of hydrogen-bond donors (Lipinski definition) is 0. The number of oxazole rings is 1. The molecule has 1 heterocycles. The summed E-state index contributed by atoms with van der Waals surface area (Å²) in [6.07, 6.45) is 0. The van der Waals surface area contributed by atoms with Gasteiger partial charge >= 0.3 is 5.97 Å². The number of carbonyl (C=O) groups is 1. The van der Waals surface area contributed by atoms with Crippen molar-refractivity contribution in [3.05, 3.63) is 143 Å². The van der Waals surface area contributed by atoms with E-state index < -0.39 is 21.1 Å². The first kappa shape index (κ1) is 25.2. The summed E-state index contributed by atoms with van der Waals surface area (Å²) >= 11 is 0. The molecule has 7 heteroatoms. The quantitative estimate of drug-likeness (QED) is 0.214. The van der Waals surface area contributed by atoms with Crippen molar-refractivity contribution in [2.45, 2.75) is 23.7 Å². The second-order valence-electron chi connectivity index (χ2n) is 8.78. The third-order valence-electron chi connectivity index (χ3n) is 6.10. The number of esters is 1. The first-order valence-corrected chi connectivity index (χ1v) is 13.6. The highest BCUT2D eigenvalue weighted by molar-refractivity contribution is 7.91. The molecule has 190 valence electrons. The minimum Gasteiger partial charge on any atom is -0.454 e. The summed E-state index contributed by atoms with van der Waals surface area (Å²) in [6, 6.07) is 33.3. The van der Waals surface area contributed by atoms with Crippen molar-refractivity contribution in [3.63, 3.8) is 0 Å². The SMILES string of the molecule is Cc1ccc(S(=O)(=O)C(c2ccccc2)c2nc(-c3ccccc3)oc2COC(=O)c2ccccc2)cc1. The first-order chi connectivity index (χ1) is 18.4. The van der Waals surface area contributed by atoms with Crippen molar-refractivity contribution in [1.82, 2.24) is 4.98 Å². The molecule has 1 aromatic heterocycles. The van der Waals surface area contributed by atoms with E-state index in [0.717, 1.165) is 5.56 Å². The van der Waals surface area contributed by atoms with Gasteiger partial charge in [-0.25, -0.2) is 18.2 Å². The van der Waals surface area contributed by atoms with E-state index in [0.29, 0.717) is 16.7 Å². The highest BCUT2D eigenvalue weighted by Crippen LogP contribution is 2.38. The highest BCUT2D eigenvalue weighted by atomic mass is 32.2. The second-order valence-corrected chi connectivity index (χ2v) is 10.8. The molecule has 0 spiro atoms. The zero-order chi connectivity index (χ0) is 26.5. The van der Waals surface area contributed by atoms with Crippen LogP contribution in [0.25, 0.3) is 11.5 Å². The molecule has 0 radical (unpaired) electrons. The lowest BCUT2D eigenvalue weighted by Gasteiger charge is -2.18. The van der Waals surface area contributed by atoms with Gasteiger partial charge in [0.1, 0.15) is 10.9 Å². The lowest BCUT2D eigenvalue weighted by atomic mass is 10.1. The van der Waals surface area contributed by atoms with Crippen molar-refractivity contribution < 1.29 is 22.4 Å². The van der Waals surface area contributed by atoms with E-state index in [4.69, 9.17) is 9.15 Å². The summed E-state index contributed by atoms with van der Waals surface area (Å²) in [5.41, 5.74) is 2.70. The van der Waals surface area contributed by atoms with Crippen LogP contribution < -0.4 is 0 Å². The topological polar surface area (TPSA) is 86.5 Å². The van der Waals surface area contributed by atoms with E-state index in [-0.39, 0.29) is 28.8 Å². The van der Waals surface area contributed by atoms with Gasteiger partial charge in [-0.1, -0.05) is 84.4 Å². The number of sulfone groups is 1. The number of hydrogen-bond acceptors (Lipinski definition) is 6. The van der Waals surface area contributed by atoms with E-state index in [1.54, 1.807) is 78.9 Å². The summed E-state index contributed by atoms with van der Waals surface area (Å²) in [5.74, 6) is -0.143. The second kappa shape index (κ2) is 10.9. The monoisotopic (exact) mass is 523 g/mol. The van der Waals surface area contributed by atoms with E-state index in [9.17, 15) is 13.2 Å². The molecule has 0 fully saturated rings. The smallest absolute Gasteiger partial charge is 0.338 e. The number of aryl methyl sites for hydroxylation is 1. The predicted octanol–water partition coefficient (Wildman–Crippen LogP) is 6.57. The number of carbonyl (C=O) groups excluding carboxylic acids is 1. The summed E-state index contributed by atoms with van der Waals surface area (Å²) < 4.78 is 39.9. The fourth-order valence-corrected chi connectivity index (χ4v) is 5.92. The summed E-state index contributed by atoms with van der Waals surface area (Å²) in [7, 11) is -3.97. The molecule has 5 rings (SSSR count). The highest BCUT2D eigenvalue weighted by Gasteiger charge is 2.36. The maximum atomic E-state index is 14.1. The molecule has 1 unspecified atom stereocenters. The van der Waals surface area contributed by atoms with E-state index in [1.165, 1.54) is 0 Å². The van der Waals surface area contributed by atoms with E-state index >= 15 is 0 Å². The van der Waals surface area contributed by atoms with E-state index in [1.807, 2.05) is 43.3 Å². The number of nitrogens with zero attached hydrogens (tertiary/aromatic N) is 1. The Morgan fingerprint density at radius 2 is 1.39 bits per heavy atom. The average Bonchev–Trinajstić information content (AvgIpc) is 3.37. The Morgan fingerprint density at radius 1 is 0.816 bits per heavy atom. The van der Waals surface area contributed by atoms with Gasteiger partial charge in [-0.05, 0) is 48.9 Å². The van der Waals surface area contributed by atoms with Crippen LogP contribution in [0.3, 0.4) is 0 Å². The summed E-state index contributed by atoms with van der Waals surface area (Å²) in [4.78, 5) is 17.5. The van der Waals surface area contributed by atoms with Gasteiger partial charge in [-0.2, -0.15) is 0 Å². The Bertz CT molecular complexity index is 1630. The van der Waals surface area contributed by atoms with Crippen LogP contribution in [0, 0.1) is 6.92 Å². The third kappa shape index (κ3) is 5.28. The zero-order valence-corrected chi connectivity index (χ0v) is 21.5. The van der Waals surface area contributed by atoms with Gasteiger partial charge in [-0.15, -0.1) is 0 Å². The largest absolute Gasteiger partial charge is 0.454 e. The van der Waals surface area contributed by atoms with Gasteiger partial charge < -0.3 is 9.15 Å². The van der Waals surface area contributed by atoms with Crippen LogP contribution in [-0.4, -0.2) is 19.4 Å². The fourth-order valence-electron chi connectivity index (χ4n) is 4.14. The Kier molecular flexibility index (Phi) is 7.20. The molecule has 0 saturated carbocycles. The molecule has 0 saturated heterocycles. The van der Waals surface area contributed by atoms with Gasteiger partial charge in [0.2, 0.25) is 5.89 Å². The standard InChI is InChI=1S/C31H25NO5S/c1-22-17-19-26(20-18-22)38(34,35)29(23-11-5-2-6-12-23)28-27(21-36-31(33)25-15-9-4-10-16-25)37-30(32-28)24-13-7-3-8-14-24/h2-20,29H,21H2,1H3. The molecule has 0 aliphatic carbocycles. The molecule has 1 atom stereocenters. The molecular formula is C31H25NO5S. The minimum atomic E-state index is -3.97. The number of benzene rings is 4. The van der Waals surface area contributed by atoms with Crippen LogP contribution >= 0.6 is 0 Å². The lowest BCUT2D eigenvalue weighted by Crippen LogP contribution is -2.18. The maximum Gasteiger partial charge on any atom is 0.338 e. The van der Waals surface area contributed by atoms with Crippen molar-refractivity contribution in [3.8, 4) is 11.5 Å². The predicted molar refractivity (Wildman–Crippen MR) is 144 cm³/mol. The van der Waals surface area contributed by atoms with Gasteiger partial charge in [0.15, 0.2) is 22.2 Å². The van der Waals surface area contributed by atoms with Crippen LogP contribution in [0.1, 0.15) is 38.2 Å². The van der Waals surface area contributed by atoms with Gasteiger partial charge in [0.25, 0.3) is 0 Å². The maximum absolute atomic E-state index is 14.1. The molecule has 0 bridgehead atoms. The molecule has 0 aliphatic rings. The first-order valence-electron chi connectivity index (χ1n) is 12.1. The van der Waals surface area contributed by atoms with Gasteiger partial charge in [0.05, 0.1) is 10.5 Å². The normalized spacial score (nSPS) is 12.1. The van der Waals surface area contributed by atoms with Crippen molar-refractivity contribution in [2.24, 2.45) is 0 Å². The third-order valence-corrected chi connectivity index (χ3v) is 8.15. The van der Waals surface area contributed by atoms with Crippen LogP contribution in [0.4, 0.5) is 0 Å². The molecule has 0 N–H and O–H groups in total. The molecule has 4 aromatic carbocycles. The molecule has 0 aliphatic heterocycles. The van der Waals surface area contributed by atoms with Crippen LogP contribution in [0.5, 0.6) is 0 Å². The Hall–Kier alpha value is -4.49. The average molecular weight is 524 g/mol. The fraction of sp³-hybridized carbons (Fsp3) is 0.0968. The molecule has 6 nitrogen and oxygen atoms in total. The van der Waals surface area contributed by atoms with Crippen molar-refractivity contribution >= 4 is 15.8 Å². The summed E-state index contributed by atoms with van der Waals surface area (Å²) in [5, 5.41) is -1.18. The number of rotatable bonds is 8. The number of ether oxygens (including phenoxy) is 1. The Labute approximate surface area is 221 Å². The Balaban J connectivity index is 1.63.